The number of anilines is 2. The summed E-state index contributed by atoms with van der Waals surface area (Å²) in [4.78, 5) is 46.8. The Balaban J connectivity index is 1.57. The highest BCUT2D eigenvalue weighted by molar-refractivity contribution is 6.31. The normalized spacial score (nSPS) is 20.0. The van der Waals surface area contributed by atoms with Crippen molar-refractivity contribution in [2.24, 2.45) is 0 Å². The topological polar surface area (TPSA) is 127 Å². The first-order valence-corrected chi connectivity index (χ1v) is 13.8. The molecule has 2 heterocycles. The van der Waals surface area contributed by atoms with E-state index in [2.05, 4.69) is 10.3 Å². The molecule has 0 unspecified atom stereocenters. The van der Waals surface area contributed by atoms with Gasteiger partial charge < -0.3 is 10.4 Å². The lowest BCUT2D eigenvalue weighted by molar-refractivity contribution is -0.133. The van der Waals surface area contributed by atoms with Crippen LogP contribution in [0.5, 0.6) is 0 Å². The van der Waals surface area contributed by atoms with E-state index in [1.807, 2.05) is 6.07 Å². The van der Waals surface area contributed by atoms with Gasteiger partial charge in [-0.15, -0.1) is 0 Å². The van der Waals surface area contributed by atoms with Crippen LogP contribution in [-0.2, 0) is 14.4 Å². The Bertz CT molecular complexity index is 1640. The highest BCUT2D eigenvalue weighted by Crippen LogP contribution is 2.39. The highest BCUT2D eigenvalue weighted by atomic mass is 35.5. The third-order valence-corrected chi connectivity index (χ3v) is 7.80. The van der Waals surface area contributed by atoms with Crippen molar-refractivity contribution in [2.45, 2.75) is 55.8 Å². The number of pyridine rings is 1. The number of nitrogens with zero attached hydrogens (tertiary/aromatic N) is 4. The minimum Gasteiger partial charge on any atom is -0.383 e. The standard InChI is InChI=1S/C30H24ClF4N5O4/c31-23-4-2-1-3-22(23)27(28(43)38-19-13-30(34,35)14-19)40(20-9-17(32)8-18(33)10-20)26(42)12-21-11-24(41)29(44)39(21)25-7-16(15-36)5-6-37-25/h1-10,19,21,24,27,41H,11-14H2,(H,38,43)/t21-,24+,27+/m0/s1. The van der Waals surface area contributed by atoms with Gasteiger partial charge in [-0.25, -0.2) is 22.5 Å². The predicted octanol–water partition coefficient (Wildman–Crippen LogP) is 4.43. The van der Waals surface area contributed by atoms with Gasteiger partial charge in [-0.3, -0.25) is 24.2 Å². The SMILES string of the molecule is N#Cc1ccnc(N2C(=O)[C@H](O)C[C@H]2CC(=O)N(c2cc(F)cc(F)c2)[C@@H](C(=O)NC2CC(F)(F)C2)c2ccccc2Cl)c1. The van der Waals surface area contributed by atoms with E-state index in [4.69, 9.17) is 11.6 Å². The molecular weight excluding hydrogens is 606 g/mol. The number of rotatable bonds is 8. The van der Waals surface area contributed by atoms with Crippen molar-refractivity contribution < 1.29 is 37.1 Å². The minimum absolute atomic E-state index is 0.00637. The number of aliphatic hydroxyl groups excluding tert-OH is 1. The number of hydrogen-bond acceptors (Lipinski definition) is 6. The first kappa shape index (κ1) is 30.9. The van der Waals surface area contributed by atoms with Gasteiger partial charge in [-0.05, 0) is 30.3 Å². The van der Waals surface area contributed by atoms with E-state index in [0.717, 1.165) is 21.9 Å². The highest BCUT2D eigenvalue weighted by Gasteiger charge is 2.48. The van der Waals surface area contributed by atoms with Gasteiger partial charge in [0.05, 0.1) is 23.4 Å². The average molecular weight is 630 g/mol. The van der Waals surface area contributed by atoms with Crippen LogP contribution in [0.25, 0.3) is 0 Å². The van der Waals surface area contributed by atoms with E-state index < -0.39 is 78.8 Å². The summed E-state index contributed by atoms with van der Waals surface area (Å²) in [5, 5.41) is 22.2. The van der Waals surface area contributed by atoms with Gasteiger partial charge >= 0.3 is 0 Å². The Hall–Kier alpha value is -4.54. The van der Waals surface area contributed by atoms with Gasteiger partial charge in [0.2, 0.25) is 11.8 Å². The molecule has 14 heteroatoms. The molecule has 0 spiro atoms. The Morgan fingerprint density at radius 2 is 1.84 bits per heavy atom. The van der Waals surface area contributed by atoms with Crippen molar-refractivity contribution in [3.05, 3.63) is 88.6 Å². The summed E-state index contributed by atoms with van der Waals surface area (Å²) in [6.07, 6.45) is -2.34. The number of carbonyl (C=O) groups is 3. The summed E-state index contributed by atoms with van der Waals surface area (Å²) in [5.41, 5.74) is -0.186. The zero-order chi connectivity index (χ0) is 31.8. The van der Waals surface area contributed by atoms with Gasteiger partial charge in [-0.1, -0.05) is 29.8 Å². The molecular formula is C30H24ClF4N5O4. The van der Waals surface area contributed by atoms with Gasteiger partial charge in [-0.2, -0.15) is 5.26 Å². The number of amides is 3. The van der Waals surface area contributed by atoms with Gasteiger partial charge in [0.1, 0.15) is 29.6 Å². The Morgan fingerprint density at radius 3 is 2.48 bits per heavy atom. The number of hydrogen-bond donors (Lipinski definition) is 2. The number of benzene rings is 2. The van der Waals surface area contributed by atoms with Crippen molar-refractivity contribution in [1.82, 2.24) is 10.3 Å². The number of nitriles is 1. The average Bonchev–Trinajstić information content (AvgIpc) is 3.22. The number of nitrogens with one attached hydrogen (secondary N) is 1. The fourth-order valence-electron chi connectivity index (χ4n) is 5.45. The van der Waals surface area contributed by atoms with Crippen molar-refractivity contribution in [3.63, 3.8) is 0 Å². The third-order valence-electron chi connectivity index (χ3n) is 7.45. The summed E-state index contributed by atoms with van der Waals surface area (Å²) in [5.74, 6) is -7.77. The molecule has 1 saturated heterocycles. The number of carbonyl (C=O) groups excluding carboxylic acids is 3. The molecule has 3 amide bonds. The van der Waals surface area contributed by atoms with Gasteiger partial charge in [0.25, 0.3) is 11.8 Å². The first-order valence-electron chi connectivity index (χ1n) is 13.4. The van der Waals surface area contributed by atoms with Crippen LogP contribution >= 0.6 is 11.6 Å². The molecule has 2 fully saturated rings. The maximum Gasteiger partial charge on any atom is 0.257 e. The molecule has 1 saturated carbocycles. The van der Waals surface area contributed by atoms with Crippen molar-refractivity contribution in [1.29, 1.82) is 5.26 Å². The van der Waals surface area contributed by atoms with Crippen LogP contribution in [0.4, 0.5) is 29.1 Å². The second-order valence-electron chi connectivity index (χ2n) is 10.6. The van der Waals surface area contributed by atoms with Crippen LogP contribution in [0.1, 0.15) is 42.9 Å². The zero-order valence-corrected chi connectivity index (χ0v) is 23.5. The molecule has 0 bridgehead atoms. The molecule has 1 aliphatic heterocycles. The molecule has 1 aliphatic carbocycles. The lowest BCUT2D eigenvalue weighted by Gasteiger charge is -2.38. The summed E-state index contributed by atoms with van der Waals surface area (Å²) in [7, 11) is 0. The quantitative estimate of drug-likeness (QED) is 0.355. The summed E-state index contributed by atoms with van der Waals surface area (Å²) in [6, 6.07) is 9.03. The van der Waals surface area contributed by atoms with E-state index in [9.17, 15) is 42.3 Å². The molecule has 228 valence electrons. The van der Waals surface area contributed by atoms with E-state index in [0.29, 0.717) is 6.07 Å². The molecule has 1 aromatic heterocycles. The molecule has 9 nitrogen and oxygen atoms in total. The van der Waals surface area contributed by atoms with E-state index in [-0.39, 0.29) is 34.1 Å². The predicted molar refractivity (Wildman–Crippen MR) is 150 cm³/mol. The van der Waals surface area contributed by atoms with Crippen LogP contribution in [0.2, 0.25) is 5.02 Å². The summed E-state index contributed by atoms with van der Waals surface area (Å²) in [6.45, 7) is 0. The largest absolute Gasteiger partial charge is 0.383 e. The molecule has 2 N–H and O–H groups in total. The number of alkyl halides is 2. The van der Waals surface area contributed by atoms with E-state index in [1.165, 1.54) is 36.5 Å². The lowest BCUT2D eigenvalue weighted by Crippen LogP contribution is -2.54. The molecule has 44 heavy (non-hydrogen) atoms. The van der Waals surface area contributed by atoms with Crippen LogP contribution in [0, 0.1) is 23.0 Å². The third kappa shape index (κ3) is 6.36. The van der Waals surface area contributed by atoms with Gasteiger partial charge in [0.15, 0.2) is 0 Å². The van der Waals surface area contributed by atoms with Crippen LogP contribution in [0.15, 0.2) is 60.8 Å². The second-order valence-corrected chi connectivity index (χ2v) is 11.0. The van der Waals surface area contributed by atoms with E-state index in [1.54, 1.807) is 6.07 Å². The zero-order valence-electron chi connectivity index (χ0n) is 22.8. The maximum atomic E-state index is 14.5. The Labute approximate surface area is 253 Å². The minimum atomic E-state index is -2.98. The van der Waals surface area contributed by atoms with Crippen LogP contribution in [0.3, 0.4) is 0 Å². The molecule has 5 rings (SSSR count). The molecule has 2 aliphatic rings. The monoisotopic (exact) mass is 629 g/mol. The smallest absolute Gasteiger partial charge is 0.257 e. The van der Waals surface area contributed by atoms with Crippen molar-refractivity contribution >= 4 is 40.8 Å². The fourth-order valence-corrected chi connectivity index (χ4v) is 5.69. The van der Waals surface area contributed by atoms with Crippen molar-refractivity contribution in [2.75, 3.05) is 9.80 Å². The Morgan fingerprint density at radius 1 is 1.16 bits per heavy atom. The fraction of sp³-hybridized carbons (Fsp3) is 0.300. The molecule has 3 aromatic rings. The number of aromatic nitrogens is 1. The Kier molecular flexibility index (Phi) is 8.58. The van der Waals surface area contributed by atoms with Crippen LogP contribution in [-0.4, -0.2) is 51.9 Å². The summed E-state index contributed by atoms with van der Waals surface area (Å²) < 4.78 is 56.2. The first-order chi connectivity index (χ1) is 20.9. The van der Waals surface area contributed by atoms with Gasteiger partial charge in [0, 0.05) is 54.6 Å². The number of aliphatic hydroxyl groups is 1. The number of halogens is 5. The molecule has 3 atom stereocenters. The lowest BCUT2D eigenvalue weighted by atomic mass is 9.87. The maximum absolute atomic E-state index is 14.5. The van der Waals surface area contributed by atoms with Crippen LogP contribution < -0.4 is 15.1 Å². The molecule has 0 radical (unpaired) electrons. The second kappa shape index (κ2) is 12.2. The van der Waals surface area contributed by atoms with E-state index >= 15 is 0 Å². The van der Waals surface area contributed by atoms with Crippen molar-refractivity contribution in [3.8, 4) is 6.07 Å². The summed E-state index contributed by atoms with van der Waals surface area (Å²) >= 11 is 6.43. The molecule has 2 aromatic carbocycles.